The van der Waals surface area contributed by atoms with Crippen LogP contribution in [0.4, 0.5) is 0 Å². The molecule has 3 atom stereocenters. The molecule has 16 heavy (non-hydrogen) atoms. The minimum absolute atomic E-state index is 0.118. The topological polar surface area (TPSA) is 29.5 Å². The predicted octanol–water partition coefficient (Wildman–Crippen LogP) is 2.53. The summed E-state index contributed by atoms with van der Waals surface area (Å²) >= 11 is 0. The van der Waals surface area contributed by atoms with Crippen molar-refractivity contribution in [1.29, 1.82) is 0 Å². The first-order valence-corrected chi connectivity index (χ1v) is 5.75. The van der Waals surface area contributed by atoms with Gasteiger partial charge in [0.05, 0.1) is 18.8 Å². The number of benzene rings is 1. The Balaban J connectivity index is 1.88. The highest BCUT2D eigenvalue weighted by molar-refractivity contribution is 5.13. The quantitative estimate of drug-likeness (QED) is 0.787. The molecule has 1 aromatic carbocycles. The number of hydrogen-bond donors (Lipinski definition) is 1. The Morgan fingerprint density at radius 1 is 1.31 bits per heavy atom. The lowest BCUT2D eigenvalue weighted by atomic mass is 10.1. The van der Waals surface area contributed by atoms with Gasteiger partial charge in [0, 0.05) is 12.3 Å². The number of aliphatic hydroxyl groups excluding tert-OH is 1. The van der Waals surface area contributed by atoms with E-state index in [-0.39, 0.29) is 12.2 Å². The minimum Gasteiger partial charge on any atom is -0.393 e. The van der Waals surface area contributed by atoms with E-state index in [9.17, 15) is 5.11 Å². The predicted molar refractivity (Wildman–Crippen MR) is 63.9 cm³/mol. The van der Waals surface area contributed by atoms with E-state index < -0.39 is 0 Å². The van der Waals surface area contributed by atoms with Gasteiger partial charge in [-0.2, -0.15) is 0 Å². The highest BCUT2D eigenvalue weighted by Gasteiger charge is 2.31. The lowest BCUT2D eigenvalue weighted by molar-refractivity contribution is 0.0213. The summed E-state index contributed by atoms with van der Waals surface area (Å²) in [6.45, 7) is 4.40. The average molecular weight is 218 g/mol. The molecule has 0 unspecified atom stereocenters. The maximum absolute atomic E-state index is 9.57. The Kier molecular flexibility index (Phi) is 3.75. The summed E-state index contributed by atoms with van der Waals surface area (Å²) < 4.78 is 5.83. The highest BCUT2D eigenvalue weighted by atomic mass is 16.5. The van der Waals surface area contributed by atoms with E-state index in [1.165, 1.54) is 5.56 Å². The first-order chi connectivity index (χ1) is 7.79. The zero-order valence-corrected chi connectivity index (χ0v) is 9.38. The molecule has 86 valence electrons. The van der Waals surface area contributed by atoms with E-state index in [4.69, 9.17) is 4.74 Å². The Bertz CT molecular complexity index is 334. The first kappa shape index (κ1) is 11.4. The van der Waals surface area contributed by atoms with Crippen molar-refractivity contribution in [1.82, 2.24) is 0 Å². The molecule has 0 spiro atoms. The van der Waals surface area contributed by atoms with E-state index in [0.717, 1.165) is 12.8 Å². The summed E-state index contributed by atoms with van der Waals surface area (Å²) in [6.07, 6.45) is 3.29. The molecule has 2 heteroatoms. The van der Waals surface area contributed by atoms with Crippen molar-refractivity contribution in [2.75, 3.05) is 0 Å². The standard InChI is InChI=1S/C14H18O2/c1-2-12-8-13(15)9-14(12)16-10-11-6-4-3-5-7-11/h2-7,12-15H,1,8-10H2/t12-,13-,14-/m1/s1. The maximum Gasteiger partial charge on any atom is 0.0720 e. The molecule has 0 aromatic heterocycles. The molecule has 1 aromatic rings. The fourth-order valence-electron chi connectivity index (χ4n) is 2.22. The van der Waals surface area contributed by atoms with Crippen molar-refractivity contribution in [2.24, 2.45) is 5.92 Å². The molecule has 1 saturated carbocycles. The van der Waals surface area contributed by atoms with Gasteiger partial charge < -0.3 is 9.84 Å². The number of hydrogen-bond acceptors (Lipinski definition) is 2. The van der Waals surface area contributed by atoms with Gasteiger partial charge in [-0.25, -0.2) is 0 Å². The highest BCUT2D eigenvalue weighted by Crippen LogP contribution is 2.30. The fourth-order valence-corrected chi connectivity index (χ4v) is 2.22. The first-order valence-electron chi connectivity index (χ1n) is 5.75. The summed E-state index contributed by atoms with van der Waals surface area (Å²) in [7, 11) is 0. The van der Waals surface area contributed by atoms with Crippen LogP contribution in [0.1, 0.15) is 18.4 Å². The number of aliphatic hydroxyl groups is 1. The van der Waals surface area contributed by atoms with E-state index in [1.807, 2.05) is 36.4 Å². The average Bonchev–Trinajstić information content (AvgIpc) is 2.68. The number of rotatable bonds is 4. The molecule has 1 fully saturated rings. The van der Waals surface area contributed by atoms with Crippen LogP contribution in [0, 0.1) is 5.92 Å². The Labute approximate surface area is 96.6 Å². The molecule has 0 radical (unpaired) electrons. The normalized spacial score (nSPS) is 29.2. The second-order valence-corrected chi connectivity index (χ2v) is 4.36. The van der Waals surface area contributed by atoms with Crippen LogP contribution < -0.4 is 0 Å². The van der Waals surface area contributed by atoms with Gasteiger partial charge >= 0.3 is 0 Å². The summed E-state index contributed by atoms with van der Waals surface area (Å²) in [6, 6.07) is 10.1. The smallest absolute Gasteiger partial charge is 0.0720 e. The monoisotopic (exact) mass is 218 g/mol. The molecule has 1 aliphatic rings. The molecule has 2 rings (SSSR count). The molecule has 1 N–H and O–H groups in total. The zero-order chi connectivity index (χ0) is 11.4. The third-order valence-electron chi connectivity index (χ3n) is 3.14. The minimum atomic E-state index is -0.233. The summed E-state index contributed by atoms with van der Waals surface area (Å²) in [5.74, 6) is 0.290. The van der Waals surface area contributed by atoms with Crippen molar-refractivity contribution in [3.8, 4) is 0 Å². The van der Waals surface area contributed by atoms with Crippen molar-refractivity contribution < 1.29 is 9.84 Å². The molecule has 0 heterocycles. The SMILES string of the molecule is C=C[C@@H]1C[C@@H](O)C[C@H]1OCc1ccccc1. The van der Waals surface area contributed by atoms with Gasteiger partial charge in [-0.3, -0.25) is 0 Å². The van der Waals surface area contributed by atoms with Crippen LogP contribution in [-0.4, -0.2) is 17.3 Å². The van der Waals surface area contributed by atoms with Gasteiger partial charge in [0.1, 0.15) is 0 Å². The van der Waals surface area contributed by atoms with E-state index in [1.54, 1.807) is 0 Å². The van der Waals surface area contributed by atoms with Gasteiger partial charge in [0.2, 0.25) is 0 Å². The van der Waals surface area contributed by atoms with Crippen LogP contribution in [0.5, 0.6) is 0 Å². The molecule has 0 aliphatic heterocycles. The summed E-state index contributed by atoms with van der Waals surface area (Å²) in [5, 5.41) is 9.57. The Hall–Kier alpha value is -1.12. The second-order valence-electron chi connectivity index (χ2n) is 4.36. The van der Waals surface area contributed by atoms with Gasteiger partial charge in [-0.15, -0.1) is 6.58 Å². The summed E-state index contributed by atoms with van der Waals surface area (Å²) in [5.41, 5.74) is 1.17. The van der Waals surface area contributed by atoms with Crippen LogP contribution >= 0.6 is 0 Å². The van der Waals surface area contributed by atoms with Crippen molar-refractivity contribution in [3.63, 3.8) is 0 Å². The van der Waals surface area contributed by atoms with Crippen LogP contribution in [0.25, 0.3) is 0 Å². The molecule has 0 bridgehead atoms. The van der Waals surface area contributed by atoms with Crippen molar-refractivity contribution in [2.45, 2.75) is 31.7 Å². The van der Waals surface area contributed by atoms with Crippen LogP contribution in [0.15, 0.2) is 43.0 Å². The third-order valence-corrected chi connectivity index (χ3v) is 3.14. The van der Waals surface area contributed by atoms with Gasteiger partial charge in [-0.1, -0.05) is 36.4 Å². The molecule has 0 amide bonds. The maximum atomic E-state index is 9.57. The van der Waals surface area contributed by atoms with Crippen LogP contribution in [-0.2, 0) is 11.3 Å². The fraction of sp³-hybridized carbons (Fsp3) is 0.429. The van der Waals surface area contributed by atoms with Crippen molar-refractivity contribution >= 4 is 0 Å². The van der Waals surface area contributed by atoms with Crippen molar-refractivity contribution in [3.05, 3.63) is 48.6 Å². The molecule has 2 nitrogen and oxygen atoms in total. The van der Waals surface area contributed by atoms with E-state index >= 15 is 0 Å². The van der Waals surface area contributed by atoms with Gasteiger partial charge in [0.15, 0.2) is 0 Å². The van der Waals surface area contributed by atoms with Gasteiger partial charge in [0.25, 0.3) is 0 Å². The molecular formula is C14H18O2. The number of ether oxygens (including phenoxy) is 1. The van der Waals surface area contributed by atoms with Crippen LogP contribution in [0.2, 0.25) is 0 Å². The summed E-state index contributed by atoms with van der Waals surface area (Å²) in [4.78, 5) is 0. The third kappa shape index (κ3) is 2.71. The van der Waals surface area contributed by atoms with E-state index in [0.29, 0.717) is 12.5 Å². The zero-order valence-electron chi connectivity index (χ0n) is 9.38. The largest absolute Gasteiger partial charge is 0.393 e. The van der Waals surface area contributed by atoms with Crippen LogP contribution in [0.3, 0.4) is 0 Å². The second kappa shape index (κ2) is 5.28. The lowest BCUT2D eigenvalue weighted by Crippen LogP contribution is -2.16. The molecule has 0 saturated heterocycles. The van der Waals surface area contributed by atoms with E-state index in [2.05, 4.69) is 6.58 Å². The molecule has 1 aliphatic carbocycles. The molecular weight excluding hydrogens is 200 g/mol. The Morgan fingerprint density at radius 2 is 2.06 bits per heavy atom. The Morgan fingerprint density at radius 3 is 2.75 bits per heavy atom. The van der Waals surface area contributed by atoms with Gasteiger partial charge in [-0.05, 0) is 12.0 Å². The lowest BCUT2D eigenvalue weighted by Gasteiger charge is -2.16.